The maximum Gasteiger partial charge on any atom is 0.256 e. The highest BCUT2D eigenvalue weighted by atomic mass is 79.9. The molecule has 2 N–H and O–H groups in total. The van der Waals surface area contributed by atoms with E-state index in [-0.39, 0.29) is 17.7 Å². The van der Waals surface area contributed by atoms with Crippen LogP contribution < -0.4 is 5.32 Å². The number of hydrogen-bond donors (Lipinski definition) is 2. The molecule has 2 aliphatic heterocycles. The van der Waals surface area contributed by atoms with Crippen LogP contribution in [0.2, 0.25) is 0 Å². The van der Waals surface area contributed by atoms with Gasteiger partial charge >= 0.3 is 0 Å². The van der Waals surface area contributed by atoms with Crippen molar-refractivity contribution in [3.63, 3.8) is 0 Å². The molecular weight excluding hydrogens is 516 g/mol. The molecule has 0 saturated carbocycles. The van der Waals surface area contributed by atoms with Crippen LogP contribution in [-0.2, 0) is 4.79 Å². The van der Waals surface area contributed by atoms with Crippen LogP contribution in [0.15, 0.2) is 53.0 Å². The Balaban J connectivity index is 1.62. The fourth-order valence-electron chi connectivity index (χ4n) is 5.25. The molecule has 0 saturated heterocycles. The molecule has 2 aliphatic rings. The molecule has 1 aromatic heterocycles. The minimum atomic E-state index is -0.144. The zero-order valence-corrected chi connectivity index (χ0v) is 22.5. The molecule has 7 heteroatoms. The number of H-pyrrole nitrogens is 1. The second-order valence-electron chi connectivity index (χ2n) is 9.45. The molecule has 3 heterocycles. The van der Waals surface area contributed by atoms with Crippen LogP contribution in [0, 0.1) is 0 Å². The molecule has 0 aliphatic carbocycles. The second-order valence-corrected chi connectivity index (χ2v) is 10.4. The number of hydrogen-bond acceptors (Lipinski definition) is 3. The molecule has 2 amide bonds. The number of benzene rings is 2. The van der Waals surface area contributed by atoms with Crippen molar-refractivity contribution in [2.24, 2.45) is 0 Å². The quantitative estimate of drug-likeness (QED) is 0.366. The van der Waals surface area contributed by atoms with Crippen molar-refractivity contribution in [1.82, 2.24) is 14.8 Å². The smallest absolute Gasteiger partial charge is 0.256 e. The van der Waals surface area contributed by atoms with Gasteiger partial charge in [-0.05, 0) is 42.9 Å². The standard InChI is InChI=1S/C29H31BrN4O2/c1-4-33(5-2)13-14-34-17-18(3)27-26(29(34)36)25(19-9-7-6-8-10-19)24(31-27)16-22-21-15-20(30)11-12-23(21)32-28(22)35/h6-12,15-16,18,31H,4-5,13-14,17H2,1-3H3,(H,32,35). The molecule has 6 nitrogen and oxygen atoms in total. The van der Waals surface area contributed by atoms with Crippen molar-refractivity contribution in [3.8, 4) is 11.1 Å². The molecular formula is C29H31BrN4O2. The number of nitrogens with zero attached hydrogens (tertiary/aromatic N) is 2. The van der Waals surface area contributed by atoms with Crippen molar-refractivity contribution in [2.75, 3.05) is 38.0 Å². The minimum absolute atomic E-state index is 0.0500. The maximum atomic E-state index is 13.9. The van der Waals surface area contributed by atoms with Crippen molar-refractivity contribution < 1.29 is 9.59 Å². The monoisotopic (exact) mass is 546 g/mol. The molecule has 36 heavy (non-hydrogen) atoms. The fraction of sp³-hybridized carbons (Fsp3) is 0.310. The van der Waals surface area contributed by atoms with E-state index in [0.29, 0.717) is 18.7 Å². The first kappa shape index (κ1) is 24.5. The molecule has 0 radical (unpaired) electrons. The Morgan fingerprint density at radius 1 is 1.08 bits per heavy atom. The van der Waals surface area contributed by atoms with Crippen molar-refractivity contribution in [3.05, 3.63) is 75.5 Å². The molecule has 3 aromatic rings. The first-order valence-electron chi connectivity index (χ1n) is 12.6. The lowest BCUT2D eigenvalue weighted by atomic mass is 9.91. The number of likely N-dealkylation sites (N-methyl/N-ethyl adjacent to an activating group) is 1. The third-order valence-electron chi connectivity index (χ3n) is 7.24. The Bertz CT molecular complexity index is 1340. The van der Waals surface area contributed by atoms with E-state index in [4.69, 9.17) is 0 Å². The first-order chi connectivity index (χ1) is 17.4. The van der Waals surface area contributed by atoms with Crippen LogP contribution in [0.1, 0.15) is 54.0 Å². The summed E-state index contributed by atoms with van der Waals surface area (Å²) < 4.78 is 0.908. The van der Waals surface area contributed by atoms with E-state index in [1.807, 2.05) is 59.5 Å². The summed E-state index contributed by atoms with van der Waals surface area (Å²) in [6.07, 6.45) is 1.90. The highest BCUT2D eigenvalue weighted by Crippen LogP contribution is 2.41. The summed E-state index contributed by atoms with van der Waals surface area (Å²) in [5, 5.41) is 2.96. The van der Waals surface area contributed by atoms with Crippen LogP contribution in [0.4, 0.5) is 5.69 Å². The fourth-order valence-corrected chi connectivity index (χ4v) is 5.61. The van der Waals surface area contributed by atoms with Gasteiger partial charge in [0.1, 0.15) is 0 Å². The summed E-state index contributed by atoms with van der Waals surface area (Å²) in [7, 11) is 0. The predicted octanol–water partition coefficient (Wildman–Crippen LogP) is 5.84. The molecule has 1 atom stereocenters. The molecule has 2 aromatic carbocycles. The van der Waals surface area contributed by atoms with Gasteiger partial charge in [0.05, 0.1) is 11.1 Å². The van der Waals surface area contributed by atoms with Crippen LogP contribution >= 0.6 is 15.9 Å². The number of anilines is 1. The average molecular weight is 547 g/mol. The Labute approximate surface area is 220 Å². The van der Waals surface area contributed by atoms with Gasteiger partial charge in [-0.3, -0.25) is 9.59 Å². The number of carbonyl (C=O) groups is 2. The predicted molar refractivity (Wildman–Crippen MR) is 149 cm³/mol. The van der Waals surface area contributed by atoms with Crippen molar-refractivity contribution in [2.45, 2.75) is 26.7 Å². The molecule has 186 valence electrons. The van der Waals surface area contributed by atoms with Gasteiger partial charge in [-0.1, -0.05) is 67.0 Å². The second kappa shape index (κ2) is 10.1. The highest BCUT2D eigenvalue weighted by Gasteiger charge is 2.35. The van der Waals surface area contributed by atoms with Crippen molar-refractivity contribution >= 4 is 45.1 Å². The van der Waals surface area contributed by atoms with E-state index < -0.39 is 0 Å². The van der Waals surface area contributed by atoms with Gasteiger partial charge in [0, 0.05) is 58.2 Å². The van der Waals surface area contributed by atoms with Gasteiger partial charge in [0.2, 0.25) is 0 Å². The average Bonchev–Trinajstić information content (AvgIpc) is 3.41. The molecule has 0 fully saturated rings. The number of nitrogens with one attached hydrogen (secondary N) is 2. The van der Waals surface area contributed by atoms with Crippen LogP contribution in [0.5, 0.6) is 0 Å². The summed E-state index contributed by atoms with van der Waals surface area (Å²) in [5.74, 6) is 0.0618. The molecule has 5 rings (SSSR count). The van der Waals surface area contributed by atoms with Gasteiger partial charge < -0.3 is 20.1 Å². The number of rotatable bonds is 7. The summed E-state index contributed by atoms with van der Waals surface area (Å²) in [5.41, 5.74) is 6.49. The topological polar surface area (TPSA) is 68.4 Å². The Kier molecular flexibility index (Phi) is 6.86. The van der Waals surface area contributed by atoms with Gasteiger partial charge in [0.15, 0.2) is 0 Å². The number of carbonyl (C=O) groups excluding carboxylic acids is 2. The largest absolute Gasteiger partial charge is 0.357 e. The lowest BCUT2D eigenvalue weighted by Gasteiger charge is -2.33. The number of aromatic nitrogens is 1. The lowest BCUT2D eigenvalue weighted by molar-refractivity contribution is -0.110. The van der Waals surface area contributed by atoms with Gasteiger partial charge in [0.25, 0.3) is 11.8 Å². The van der Waals surface area contributed by atoms with Crippen LogP contribution in [-0.4, -0.2) is 59.3 Å². The first-order valence-corrected chi connectivity index (χ1v) is 13.4. The summed E-state index contributed by atoms with van der Waals surface area (Å²) >= 11 is 3.53. The number of fused-ring (bicyclic) bond motifs is 2. The van der Waals surface area contributed by atoms with Gasteiger partial charge in [-0.2, -0.15) is 0 Å². The Morgan fingerprint density at radius 2 is 1.83 bits per heavy atom. The summed E-state index contributed by atoms with van der Waals surface area (Å²) in [6, 6.07) is 15.7. The van der Waals surface area contributed by atoms with E-state index in [9.17, 15) is 9.59 Å². The molecule has 0 bridgehead atoms. The lowest BCUT2D eigenvalue weighted by Crippen LogP contribution is -2.43. The third kappa shape index (κ3) is 4.42. The zero-order chi connectivity index (χ0) is 25.4. The normalized spacial score (nSPS) is 18.1. The molecule has 0 spiro atoms. The third-order valence-corrected chi connectivity index (χ3v) is 7.74. The summed E-state index contributed by atoms with van der Waals surface area (Å²) in [6.45, 7) is 10.6. The minimum Gasteiger partial charge on any atom is -0.357 e. The highest BCUT2D eigenvalue weighted by molar-refractivity contribution is 9.10. The SMILES string of the molecule is CCN(CC)CCN1CC(C)c2[nH]c(C=C3C(=O)Nc4ccc(Br)cc43)c(-c3ccccc3)c2C1=O. The van der Waals surface area contributed by atoms with E-state index >= 15 is 0 Å². The maximum absolute atomic E-state index is 13.9. The van der Waals surface area contributed by atoms with Crippen LogP contribution in [0.3, 0.4) is 0 Å². The summed E-state index contributed by atoms with van der Waals surface area (Å²) in [4.78, 5) is 34.7. The van der Waals surface area contributed by atoms with Crippen molar-refractivity contribution in [1.29, 1.82) is 0 Å². The Hall–Kier alpha value is -3.16. The van der Waals surface area contributed by atoms with E-state index in [1.165, 1.54) is 0 Å². The van der Waals surface area contributed by atoms with Crippen LogP contribution in [0.25, 0.3) is 22.8 Å². The molecule has 1 unspecified atom stereocenters. The van der Waals surface area contributed by atoms with E-state index in [2.05, 4.69) is 51.9 Å². The Morgan fingerprint density at radius 3 is 2.56 bits per heavy atom. The number of amides is 2. The zero-order valence-electron chi connectivity index (χ0n) is 20.9. The van der Waals surface area contributed by atoms with Gasteiger partial charge in [-0.25, -0.2) is 0 Å². The van der Waals surface area contributed by atoms with E-state index in [1.54, 1.807) is 0 Å². The van der Waals surface area contributed by atoms with Gasteiger partial charge in [-0.15, -0.1) is 0 Å². The van der Waals surface area contributed by atoms with E-state index in [0.717, 1.165) is 63.4 Å². The number of halogens is 1. The number of aromatic amines is 1.